The Labute approximate surface area is 208 Å². The summed E-state index contributed by atoms with van der Waals surface area (Å²) in [5, 5.41) is 0. The molecule has 0 bridgehead atoms. The summed E-state index contributed by atoms with van der Waals surface area (Å²) >= 11 is 0. The number of ether oxygens (including phenoxy) is 3. The van der Waals surface area contributed by atoms with Crippen LogP contribution in [0, 0.1) is 5.41 Å². The average Bonchev–Trinajstić information content (AvgIpc) is 2.65. The predicted molar refractivity (Wildman–Crippen MR) is 111 cm³/mol. The largest absolute Gasteiger partial charge is 1.00 e. The monoisotopic (exact) mass is 472 g/mol. The molecule has 0 aromatic carbocycles. The van der Waals surface area contributed by atoms with Crippen molar-refractivity contribution in [2.45, 2.75) is 52.9 Å². The molecule has 0 rings (SSSR count). The smallest absolute Gasteiger partial charge is 1.00 e. The fourth-order valence-electron chi connectivity index (χ4n) is 2.28. The Bertz CT molecular complexity index is 720. The minimum atomic E-state index is -4.09. The Hall–Kier alpha value is -1.20. The second-order valence-electron chi connectivity index (χ2n) is 7.23. The van der Waals surface area contributed by atoms with Gasteiger partial charge in [-0.2, -0.15) is 8.42 Å². The summed E-state index contributed by atoms with van der Waals surface area (Å²) in [6.07, 6.45) is 1.84. The van der Waals surface area contributed by atoms with Gasteiger partial charge in [-0.25, -0.2) is 9.59 Å². The van der Waals surface area contributed by atoms with Gasteiger partial charge in [0.1, 0.15) is 18.6 Å². The van der Waals surface area contributed by atoms with Gasteiger partial charge in [0.25, 0.3) is 10.1 Å². The van der Waals surface area contributed by atoms with Crippen LogP contribution in [0.25, 0.3) is 0 Å². The zero-order valence-corrected chi connectivity index (χ0v) is 21.7. The molecule has 0 aliphatic rings. The van der Waals surface area contributed by atoms with E-state index in [1.807, 2.05) is 6.92 Å². The van der Waals surface area contributed by atoms with Crippen molar-refractivity contribution >= 4 is 28.0 Å². The first-order valence-electron chi connectivity index (χ1n) is 9.62. The van der Waals surface area contributed by atoms with Crippen LogP contribution in [0.3, 0.4) is 0 Å². The van der Waals surface area contributed by atoms with Crippen LogP contribution in [0.2, 0.25) is 0 Å². The summed E-state index contributed by atoms with van der Waals surface area (Å²) < 4.78 is 45.9. The van der Waals surface area contributed by atoms with Crippen LogP contribution in [-0.4, -0.2) is 56.5 Å². The second kappa shape index (κ2) is 15.6. The third kappa shape index (κ3) is 13.7. The van der Waals surface area contributed by atoms with Gasteiger partial charge in [-0.1, -0.05) is 32.9 Å². The molecule has 0 aromatic heterocycles. The summed E-state index contributed by atoms with van der Waals surface area (Å²) in [6.45, 7) is 11.0. The van der Waals surface area contributed by atoms with E-state index >= 15 is 0 Å². The number of rotatable bonds is 15. The second-order valence-corrected chi connectivity index (χ2v) is 8.80. The van der Waals surface area contributed by atoms with E-state index in [0.29, 0.717) is 6.42 Å². The Morgan fingerprint density at radius 2 is 1.42 bits per heavy atom. The van der Waals surface area contributed by atoms with Crippen molar-refractivity contribution in [2.24, 2.45) is 5.41 Å². The molecule has 0 radical (unpaired) electrons. The number of carbonyl (C=O) groups is 3. The van der Waals surface area contributed by atoms with Crippen molar-refractivity contribution in [1.29, 1.82) is 0 Å². The maximum Gasteiger partial charge on any atom is 1.00 e. The molecular formula is C20H33NaO9S. The van der Waals surface area contributed by atoms with Crippen molar-refractivity contribution in [3.63, 3.8) is 0 Å². The van der Waals surface area contributed by atoms with Gasteiger partial charge in [0, 0.05) is 11.1 Å². The molecule has 0 unspecified atom stereocenters. The van der Waals surface area contributed by atoms with E-state index in [1.165, 1.54) is 13.8 Å². The summed E-state index contributed by atoms with van der Waals surface area (Å²) in [4.78, 5) is 36.6. The topological polar surface area (TPSA) is 133 Å². The van der Waals surface area contributed by atoms with Crippen LogP contribution in [0.5, 0.6) is 0 Å². The van der Waals surface area contributed by atoms with E-state index in [-0.39, 0.29) is 81.2 Å². The average molecular weight is 473 g/mol. The molecule has 0 fully saturated rings. The van der Waals surface area contributed by atoms with E-state index in [9.17, 15) is 22.8 Å². The summed E-state index contributed by atoms with van der Waals surface area (Å²) in [6, 6.07) is 0. The van der Waals surface area contributed by atoms with E-state index < -0.39 is 39.2 Å². The summed E-state index contributed by atoms with van der Waals surface area (Å²) in [5.41, 5.74) is -1.12. The maximum atomic E-state index is 12.9. The molecule has 0 aromatic rings. The Kier molecular flexibility index (Phi) is 16.1. The minimum Gasteiger partial charge on any atom is -1.00 e. The van der Waals surface area contributed by atoms with E-state index in [4.69, 9.17) is 18.8 Å². The van der Waals surface area contributed by atoms with E-state index in [2.05, 4.69) is 13.2 Å². The zero-order chi connectivity index (χ0) is 23.4. The number of carbonyl (C=O) groups excluding carboxylic acids is 3. The molecule has 0 saturated carbocycles. The Balaban J connectivity index is -0.00000420. The SMILES string of the molecule is C=C(C)C(=O)OCC(CCCC)(COC(=O)C(=C)C)C(=O)OCCCCS(=O)(=O)O.[H-].[Na+]. The van der Waals surface area contributed by atoms with Crippen LogP contribution in [0.1, 0.15) is 54.3 Å². The van der Waals surface area contributed by atoms with Gasteiger partial charge >= 0.3 is 47.5 Å². The minimum absolute atomic E-state index is 0. The van der Waals surface area contributed by atoms with Crippen LogP contribution in [0.4, 0.5) is 0 Å². The van der Waals surface area contributed by atoms with Gasteiger partial charge < -0.3 is 15.6 Å². The quantitative estimate of drug-likeness (QED) is 0.0854. The normalized spacial score (nSPS) is 11.1. The molecule has 11 heteroatoms. The first-order chi connectivity index (χ1) is 13.8. The predicted octanol–water partition coefficient (Wildman–Crippen LogP) is -0.271. The molecule has 0 spiro atoms. The number of hydrogen-bond acceptors (Lipinski definition) is 8. The van der Waals surface area contributed by atoms with Crippen molar-refractivity contribution in [3.8, 4) is 0 Å². The summed E-state index contributed by atoms with van der Waals surface area (Å²) in [7, 11) is -4.09. The number of hydrogen-bond donors (Lipinski definition) is 1. The van der Waals surface area contributed by atoms with E-state index in [1.54, 1.807) is 0 Å². The standard InChI is InChI=1S/C20H32O9S.Na.H/c1-6-7-10-20(13-28-17(21)15(2)3,14-29-18(22)16(4)5)19(23)27-11-8-9-12-30(24,25)26;;/h2,4,6-14H2,1,3,5H3,(H,24,25,26);;/q;+1;-1. The van der Waals surface area contributed by atoms with Gasteiger partial charge in [-0.15, -0.1) is 0 Å². The van der Waals surface area contributed by atoms with Crippen molar-refractivity contribution in [2.75, 3.05) is 25.6 Å². The molecule has 0 saturated heterocycles. The molecule has 0 aliphatic heterocycles. The van der Waals surface area contributed by atoms with Crippen LogP contribution in [0.15, 0.2) is 24.3 Å². The molecule has 31 heavy (non-hydrogen) atoms. The Morgan fingerprint density at radius 3 is 1.81 bits per heavy atom. The third-order valence-electron chi connectivity index (χ3n) is 4.13. The first-order valence-corrected chi connectivity index (χ1v) is 11.2. The third-order valence-corrected chi connectivity index (χ3v) is 4.93. The van der Waals surface area contributed by atoms with Crippen LogP contribution in [-0.2, 0) is 38.7 Å². The molecular weight excluding hydrogens is 439 g/mol. The zero-order valence-electron chi connectivity index (χ0n) is 19.9. The van der Waals surface area contributed by atoms with E-state index in [0.717, 1.165) is 6.42 Å². The fourth-order valence-corrected chi connectivity index (χ4v) is 2.85. The molecule has 0 atom stereocenters. The van der Waals surface area contributed by atoms with Crippen molar-refractivity contribution < 1.29 is 72.5 Å². The number of unbranched alkanes of at least 4 members (excludes halogenated alkanes) is 2. The van der Waals surface area contributed by atoms with Gasteiger partial charge in [0.05, 0.1) is 12.4 Å². The number of esters is 3. The molecule has 0 heterocycles. The van der Waals surface area contributed by atoms with Crippen LogP contribution < -0.4 is 29.6 Å². The Morgan fingerprint density at radius 1 is 0.935 bits per heavy atom. The maximum absolute atomic E-state index is 12.9. The van der Waals surface area contributed by atoms with Gasteiger partial charge in [0.15, 0.2) is 0 Å². The fraction of sp³-hybridized carbons (Fsp3) is 0.650. The summed E-state index contributed by atoms with van der Waals surface area (Å²) in [5.74, 6) is -2.56. The molecule has 0 amide bonds. The molecule has 174 valence electrons. The van der Waals surface area contributed by atoms with Gasteiger partial charge in [-0.05, 0) is 33.1 Å². The molecule has 1 N–H and O–H groups in total. The van der Waals surface area contributed by atoms with Crippen LogP contribution >= 0.6 is 0 Å². The molecule has 0 aliphatic carbocycles. The first kappa shape index (κ1) is 32.0. The van der Waals surface area contributed by atoms with Crippen molar-refractivity contribution in [1.82, 2.24) is 0 Å². The van der Waals surface area contributed by atoms with Crippen molar-refractivity contribution in [3.05, 3.63) is 24.3 Å². The van der Waals surface area contributed by atoms with Gasteiger partial charge in [-0.3, -0.25) is 9.35 Å². The van der Waals surface area contributed by atoms with Gasteiger partial charge in [0.2, 0.25) is 0 Å². The molecule has 9 nitrogen and oxygen atoms in total.